The van der Waals surface area contributed by atoms with Crippen LogP contribution >= 0.6 is 34.5 Å². The molecule has 0 unspecified atom stereocenters. The minimum atomic E-state index is -0.631. The summed E-state index contributed by atoms with van der Waals surface area (Å²) in [6, 6.07) is 12.5. The molecule has 0 saturated heterocycles. The second-order valence-electron chi connectivity index (χ2n) is 6.31. The summed E-state index contributed by atoms with van der Waals surface area (Å²) in [5.41, 5.74) is 1.92. The van der Waals surface area contributed by atoms with Gasteiger partial charge in [-0.15, -0.1) is 11.3 Å². The average molecular weight is 447 g/mol. The van der Waals surface area contributed by atoms with Crippen LogP contribution in [0.4, 0.5) is 15.8 Å². The molecule has 0 atom stereocenters. The van der Waals surface area contributed by atoms with Gasteiger partial charge in [-0.3, -0.25) is 9.59 Å². The lowest BCUT2D eigenvalue weighted by atomic mass is 10.1. The molecular weight excluding hydrogens is 434 g/mol. The van der Waals surface area contributed by atoms with Gasteiger partial charge in [0.1, 0.15) is 11.5 Å². The van der Waals surface area contributed by atoms with Crippen molar-refractivity contribution in [3.63, 3.8) is 0 Å². The van der Waals surface area contributed by atoms with Crippen molar-refractivity contribution in [2.75, 3.05) is 10.2 Å². The van der Waals surface area contributed by atoms with E-state index in [1.165, 1.54) is 23.5 Å². The summed E-state index contributed by atoms with van der Waals surface area (Å²) in [5, 5.41) is 5.26. The molecule has 3 aromatic rings. The van der Waals surface area contributed by atoms with Gasteiger partial charge >= 0.3 is 0 Å². The second kappa shape index (κ2) is 7.63. The van der Waals surface area contributed by atoms with Crippen LogP contribution in [-0.4, -0.2) is 11.8 Å². The van der Waals surface area contributed by atoms with E-state index in [2.05, 4.69) is 5.32 Å². The molecule has 4 nitrogen and oxygen atoms in total. The summed E-state index contributed by atoms with van der Waals surface area (Å²) in [7, 11) is 0. The predicted molar refractivity (Wildman–Crippen MR) is 115 cm³/mol. The van der Waals surface area contributed by atoms with Gasteiger partial charge in [0.25, 0.3) is 11.8 Å². The number of nitrogens with zero attached hydrogens (tertiary/aromatic N) is 1. The molecule has 1 aliphatic heterocycles. The standard InChI is InChI=1S/C21H13Cl2FN2O2S/c1-11-13(22)4-2-5-16(11)25-19-18(17-6-3-9-29-17)20(27)26(21(19)28)12-7-8-15(24)14(23)10-12/h2-10,25H,1H3. The number of hydrogen-bond donors (Lipinski definition) is 1. The molecule has 0 saturated carbocycles. The first-order valence-corrected chi connectivity index (χ1v) is 10.2. The smallest absolute Gasteiger partial charge is 0.282 e. The van der Waals surface area contributed by atoms with E-state index in [0.717, 1.165) is 16.5 Å². The molecule has 2 aromatic carbocycles. The molecule has 0 spiro atoms. The van der Waals surface area contributed by atoms with Gasteiger partial charge in [0, 0.05) is 15.6 Å². The molecule has 1 N–H and O–H groups in total. The molecule has 0 bridgehead atoms. The number of rotatable bonds is 4. The number of carbonyl (C=O) groups is 2. The van der Waals surface area contributed by atoms with E-state index in [9.17, 15) is 14.0 Å². The second-order valence-corrected chi connectivity index (χ2v) is 8.07. The summed E-state index contributed by atoms with van der Waals surface area (Å²) in [4.78, 5) is 28.1. The van der Waals surface area contributed by atoms with Crippen LogP contribution < -0.4 is 10.2 Å². The average Bonchev–Trinajstić information content (AvgIpc) is 3.29. The minimum Gasteiger partial charge on any atom is -0.350 e. The van der Waals surface area contributed by atoms with Gasteiger partial charge < -0.3 is 5.32 Å². The Bertz CT molecular complexity index is 1180. The van der Waals surface area contributed by atoms with E-state index in [4.69, 9.17) is 23.2 Å². The zero-order chi connectivity index (χ0) is 20.7. The Balaban J connectivity index is 1.83. The highest BCUT2D eigenvalue weighted by Crippen LogP contribution is 2.37. The molecule has 0 aliphatic carbocycles. The Hall–Kier alpha value is -2.67. The fourth-order valence-electron chi connectivity index (χ4n) is 3.03. The molecule has 2 heterocycles. The van der Waals surface area contributed by atoms with Crippen LogP contribution in [0.5, 0.6) is 0 Å². The number of hydrogen-bond acceptors (Lipinski definition) is 4. The van der Waals surface area contributed by atoms with Gasteiger partial charge in [-0.2, -0.15) is 0 Å². The number of amides is 2. The summed E-state index contributed by atoms with van der Waals surface area (Å²) in [6.07, 6.45) is 0. The number of carbonyl (C=O) groups excluding carboxylic acids is 2. The lowest BCUT2D eigenvalue weighted by Gasteiger charge is -2.16. The Morgan fingerprint density at radius 1 is 1.00 bits per heavy atom. The monoisotopic (exact) mass is 446 g/mol. The quantitative estimate of drug-likeness (QED) is 0.507. The summed E-state index contributed by atoms with van der Waals surface area (Å²) in [6.45, 7) is 1.81. The third-order valence-electron chi connectivity index (χ3n) is 4.54. The first kappa shape index (κ1) is 19.6. The van der Waals surface area contributed by atoms with Crippen molar-refractivity contribution in [1.82, 2.24) is 0 Å². The van der Waals surface area contributed by atoms with Crippen LogP contribution in [0.25, 0.3) is 5.57 Å². The van der Waals surface area contributed by atoms with Crippen molar-refractivity contribution in [3.8, 4) is 0 Å². The van der Waals surface area contributed by atoms with E-state index >= 15 is 0 Å². The van der Waals surface area contributed by atoms with Gasteiger partial charge in [-0.1, -0.05) is 35.3 Å². The number of thiophene rings is 1. The zero-order valence-electron chi connectivity index (χ0n) is 15.0. The molecule has 1 aliphatic rings. The molecule has 2 amide bonds. The lowest BCUT2D eigenvalue weighted by Crippen LogP contribution is -2.32. The third-order valence-corrected chi connectivity index (χ3v) is 6.13. The lowest BCUT2D eigenvalue weighted by molar-refractivity contribution is -0.120. The zero-order valence-corrected chi connectivity index (χ0v) is 17.3. The molecule has 4 rings (SSSR count). The Kier molecular flexibility index (Phi) is 5.17. The van der Waals surface area contributed by atoms with E-state index < -0.39 is 17.6 Å². The van der Waals surface area contributed by atoms with Gasteiger partial charge in [0.15, 0.2) is 0 Å². The highest BCUT2D eigenvalue weighted by Gasteiger charge is 2.41. The van der Waals surface area contributed by atoms with Crippen LogP contribution in [0.15, 0.2) is 59.6 Å². The fourth-order valence-corrected chi connectivity index (χ4v) is 4.15. The first-order valence-electron chi connectivity index (χ1n) is 8.52. The predicted octanol–water partition coefficient (Wildman–Crippen LogP) is 5.90. The Morgan fingerprint density at radius 2 is 1.79 bits per heavy atom. The van der Waals surface area contributed by atoms with Crippen LogP contribution in [0.2, 0.25) is 10.0 Å². The van der Waals surface area contributed by atoms with Crippen molar-refractivity contribution in [2.45, 2.75) is 6.92 Å². The van der Waals surface area contributed by atoms with Crippen molar-refractivity contribution in [2.24, 2.45) is 0 Å². The van der Waals surface area contributed by atoms with Crippen molar-refractivity contribution in [1.29, 1.82) is 0 Å². The molecule has 8 heteroatoms. The minimum absolute atomic E-state index is 0.128. The van der Waals surface area contributed by atoms with E-state index in [1.54, 1.807) is 30.3 Å². The molecule has 146 valence electrons. The summed E-state index contributed by atoms with van der Waals surface area (Å²) >= 11 is 13.4. The van der Waals surface area contributed by atoms with Crippen molar-refractivity contribution in [3.05, 3.63) is 85.9 Å². The molecule has 29 heavy (non-hydrogen) atoms. The number of imide groups is 1. The van der Waals surface area contributed by atoms with Crippen molar-refractivity contribution >= 4 is 63.3 Å². The number of anilines is 2. The van der Waals surface area contributed by atoms with Gasteiger partial charge in [0.05, 0.1) is 16.3 Å². The van der Waals surface area contributed by atoms with Crippen LogP contribution in [0.1, 0.15) is 10.4 Å². The van der Waals surface area contributed by atoms with Crippen molar-refractivity contribution < 1.29 is 14.0 Å². The van der Waals surface area contributed by atoms with E-state index in [0.29, 0.717) is 15.6 Å². The third kappa shape index (κ3) is 3.44. The first-order chi connectivity index (χ1) is 13.9. The molecule has 0 fully saturated rings. The highest BCUT2D eigenvalue weighted by atomic mass is 35.5. The Labute approximate surface area is 180 Å². The maximum atomic E-state index is 13.6. The summed E-state index contributed by atoms with van der Waals surface area (Å²) < 4.78 is 13.6. The van der Waals surface area contributed by atoms with Crippen LogP contribution in [0.3, 0.4) is 0 Å². The highest BCUT2D eigenvalue weighted by molar-refractivity contribution is 7.11. The largest absolute Gasteiger partial charge is 0.350 e. The SMILES string of the molecule is Cc1c(Cl)cccc1NC1=C(c2cccs2)C(=O)N(c2ccc(F)c(Cl)c2)C1=O. The van der Waals surface area contributed by atoms with Gasteiger partial charge in [-0.25, -0.2) is 9.29 Å². The molecule has 1 aromatic heterocycles. The normalized spacial score (nSPS) is 14.1. The van der Waals surface area contributed by atoms with Gasteiger partial charge in [0.2, 0.25) is 0 Å². The van der Waals surface area contributed by atoms with Crippen LogP contribution in [0, 0.1) is 12.7 Å². The maximum Gasteiger partial charge on any atom is 0.282 e. The number of benzene rings is 2. The maximum absolute atomic E-state index is 13.6. The van der Waals surface area contributed by atoms with E-state index in [-0.39, 0.29) is 22.0 Å². The van der Waals surface area contributed by atoms with Gasteiger partial charge in [-0.05, 0) is 54.3 Å². The van der Waals surface area contributed by atoms with E-state index in [1.807, 2.05) is 12.3 Å². The Morgan fingerprint density at radius 3 is 2.48 bits per heavy atom. The topological polar surface area (TPSA) is 49.4 Å². The number of halogens is 3. The molecular formula is C21H13Cl2FN2O2S. The number of nitrogens with one attached hydrogen (secondary N) is 1. The van der Waals surface area contributed by atoms with Crippen LogP contribution in [-0.2, 0) is 9.59 Å². The summed E-state index contributed by atoms with van der Waals surface area (Å²) in [5.74, 6) is -1.70. The fraction of sp³-hybridized carbons (Fsp3) is 0.0476. The molecule has 0 radical (unpaired) electrons.